The van der Waals surface area contributed by atoms with Gasteiger partial charge in [-0.25, -0.2) is 18.3 Å². The molecule has 10 nitrogen and oxygen atoms in total. The Hall–Kier alpha value is -3.51. The normalized spacial score (nSPS) is 14.2. The van der Waals surface area contributed by atoms with Crippen molar-refractivity contribution in [3.63, 3.8) is 0 Å². The van der Waals surface area contributed by atoms with E-state index in [1.165, 1.54) is 34.8 Å². The molecule has 11 heteroatoms. The number of alkyl carbamates (subject to hydrolysis) is 2. The summed E-state index contributed by atoms with van der Waals surface area (Å²) >= 11 is 0. The van der Waals surface area contributed by atoms with E-state index in [1.807, 2.05) is 44.2 Å². The molecule has 0 fully saturated rings. The summed E-state index contributed by atoms with van der Waals surface area (Å²) in [5, 5.41) is 21.0. The maximum Gasteiger partial charge on any atom is 0.514 e. The summed E-state index contributed by atoms with van der Waals surface area (Å²) < 4.78 is 33.7. The number of nitrogens with one attached hydrogen (secondary N) is 1. The predicted molar refractivity (Wildman–Crippen MR) is 147 cm³/mol. The third-order valence-corrected chi connectivity index (χ3v) is 8.14. The molecule has 210 valence electrons. The van der Waals surface area contributed by atoms with Gasteiger partial charge >= 0.3 is 6.09 Å². The number of aromatic nitrogens is 1. The Morgan fingerprint density at radius 2 is 1.69 bits per heavy atom. The molecule has 3 aromatic rings. The summed E-state index contributed by atoms with van der Waals surface area (Å²) in [6.45, 7) is 3.67. The maximum absolute atomic E-state index is 13.5. The van der Waals surface area contributed by atoms with E-state index in [0.29, 0.717) is 17.8 Å². The molecule has 0 aliphatic rings. The van der Waals surface area contributed by atoms with Crippen molar-refractivity contribution in [3.05, 3.63) is 84.1 Å². The molecule has 5 N–H and O–H groups in total. The summed E-state index contributed by atoms with van der Waals surface area (Å²) in [6.07, 6.45) is 0.0260. The Morgan fingerprint density at radius 3 is 2.28 bits per heavy atom. The number of hydrogen-bond donors (Lipinski definition) is 4. The first kappa shape index (κ1) is 30.0. The van der Waals surface area contributed by atoms with Crippen LogP contribution in [0.1, 0.15) is 25.0 Å². The van der Waals surface area contributed by atoms with Crippen molar-refractivity contribution < 1.29 is 33.1 Å². The number of sulfonamides is 1. The number of benzene rings is 2. The molecule has 0 aliphatic heterocycles. The van der Waals surface area contributed by atoms with E-state index in [0.717, 1.165) is 5.56 Å². The van der Waals surface area contributed by atoms with Gasteiger partial charge in [-0.05, 0) is 41.8 Å². The molecule has 0 saturated carbocycles. The largest absolute Gasteiger partial charge is 0.514 e. The van der Waals surface area contributed by atoms with E-state index >= 15 is 0 Å². The third kappa shape index (κ3) is 8.49. The number of amides is 1. The number of phenols is 1. The van der Waals surface area contributed by atoms with Gasteiger partial charge in [0, 0.05) is 31.3 Å². The third-order valence-electron chi connectivity index (χ3n) is 6.29. The van der Waals surface area contributed by atoms with Crippen molar-refractivity contribution in [1.82, 2.24) is 9.29 Å². The number of nitrogens with zero attached hydrogens (tertiary/aromatic N) is 2. The van der Waals surface area contributed by atoms with Gasteiger partial charge in [0.2, 0.25) is 10.0 Å². The van der Waals surface area contributed by atoms with Gasteiger partial charge in [-0.2, -0.15) is 9.10 Å². The van der Waals surface area contributed by atoms with Crippen molar-refractivity contribution in [2.45, 2.75) is 43.9 Å². The lowest BCUT2D eigenvalue weighted by molar-refractivity contribution is -0.835. The summed E-state index contributed by atoms with van der Waals surface area (Å²) in [6, 6.07) is 17.2. The molecular weight excluding hydrogens is 520 g/mol. The molecule has 1 aromatic heterocycles. The number of likely N-dealkylation sites (N-methyl/N-ethyl adjacent to an activating group) is 1. The molecular formula is C28H37N4O6S+. The highest BCUT2D eigenvalue weighted by Gasteiger charge is 2.37. The summed E-state index contributed by atoms with van der Waals surface area (Å²) in [5.74, 6) is 0.276. The van der Waals surface area contributed by atoms with Crippen molar-refractivity contribution in [3.8, 4) is 5.75 Å². The van der Waals surface area contributed by atoms with Crippen molar-refractivity contribution in [1.29, 1.82) is 0 Å². The van der Waals surface area contributed by atoms with E-state index in [2.05, 4.69) is 4.98 Å². The number of aliphatic hydroxyl groups is 1. The second kappa shape index (κ2) is 13.5. The fourth-order valence-corrected chi connectivity index (χ4v) is 5.78. The number of carbonyl (C=O) groups is 1. The zero-order chi connectivity index (χ0) is 28.6. The zero-order valence-electron chi connectivity index (χ0n) is 22.4. The van der Waals surface area contributed by atoms with Gasteiger partial charge in [0.1, 0.15) is 30.3 Å². The van der Waals surface area contributed by atoms with Crippen molar-refractivity contribution >= 4 is 21.9 Å². The van der Waals surface area contributed by atoms with Gasteiger partial charge in [-0.1, -0.05) is 50.2 Å². The highest BCUT2D eigenvalue weighted by atomic mass is 32.2. The van der Waals surface area contributed by atoms with E-state index in [4.69, 9.17) is 10.5 Å². The number of nitrogen functional groups attached to an aromatic ring is 1. The van der Waals surface area contributed by atoms with Crippen LogP contribution in [0.15, 0.2) is 77.8 Å². The molecule has 1 heterocycles. The number of aromatic hydroxyl groups is 1. The van der Waals surface area contributed by atoms with Crippen LogP contribution in [-0.2, 0) is 27.8 Å². The van der Waals surface area contributed by atoms with Gasteiger partial charge in [0.05, 0.1) is 11.9 Å². The Bertz CT molecular complexity index is 1300. The molecule has 1 unspecified atom stereocenters. The van der Waals surface area contributed by atoms with Gasteiger partial charge in [0.25, 0.3) is 0 Å². The average molecular weight is 558 g/mol. The minimum atomic E-state index is -3.99. The first-order valence-corrected chi connectivity index (χ1v) is 14.1. The highest BCUT2D eigenvalue weighted by molar-refractivity contribution is 7.89. The van der Waals surface area contributed by atoms with E-state index in [-0.39, 0.29) is 41.2 Å². The number of rotatable bonds is 12. The fraction of sp³-hybridized carbons (Fsp3) is 0.357. The van der Waals surface area contributed by atoms with Gasteiger partial charge < -0.3 is 20.7 Å². The Labute approximate surface area is 229 Å². The molecule has 2 aromatic carbocycles. The predicted octanol–water partition coefficient (Wildman–Crippen LogP) is 1.84. The van der Waals surface area contributed by atoms with Crippen molar-refractivity contribution in [2.75, 3.05) is 25.9 Å². The molecule has 3 rings (SSSR count). The smallest absolute Gasteiger partial charge is 0.508 e. The Balaban J connectivity index is 1.84. The lowest BCUT2D eigenvalue weighted by atomic mass is 10.00. The molecule has 1 amide bonds. The van der Waals surface area contributed by atoms with Crippen LogP contribution in [0.4, 0.5) is 10.6 Å². The molecule has 0 aliphatic carbocycles. The van der Waals surface area contributed by atoms with Crippen LogP contribution in [0.5, 0.6) is 5.75 Å². The second-order valence-corrected chi connectivity index (χ2v) is 11.9. The number of phenolic OH excluding ortho intramolecular Hbond substituents is 1. The van der Waals surface area contributed by atoms with E-state index in [9.17, 15) is 23.4 Å². The lowest BCUT2D eigenvalue weighted by Gasteiger charge is -2.31. The van der Waals surface area contributed by atoms with Crippen LogP contribution in [-0.4, -0.2) is 66.3 Å². The van der Waals surface area contributed by atoms with Crippen LogP contribution in [0.25, 0.3) is 0 Å². The van der Waals surface area contributed by atoms with Crippen molar-refractivity contribution in [2.24, 2.45) is 5.92 Å². The first-order valence-electron chi connectivity index (χ1n) is 12.7. The zero-order valence-corrected chi connectivity index (χ0v) is 23.2. The fourth-order valence-electron chi connectivity index (χ4n) is 4.16. The van der Waals surface area contributed by atoms with Crippen LogP contribution in [0, 0.1) is 5.92 Å². The lowest BCUT2D eigenvalue weighted by Crippen LogP contribution is -3.17. The molecule has 0 bridgehead atoms. The first-order chi connectivity index (χ1) is 18.5. The quantitative estimate of drug-likeness (QED) is 0.264. The van der Waals surface area contributed by atoms with E-state index < -0.39 is 28.3 Å². The number of ether oxygens (including phenoxy) is 1. The number of hydrogen-bond acceptors (Lipinski definition) is 8. The van der Waals surface area contributed by atoms with Crippen LogP contribution in [0.2, 0.25) is 0 Å². The summed E-state index contributed by atoms with van der Waals surface area (Å²) in [5.41, 5.74) is 7.16. The van der Waals surface area contributed by atoms with Crippen LogP contribution >= 0.6 is 0 Å². The standard InChI is InChI=1S/C28H36N4O6S/c1-20(2)17-32(39(36,37)24-12-10-23(33)11-13-24)18-26(34)25(15-21-7-5-4-6-8-21)31(3)28(35)38-19-22-9-14-27(29)30-16-22/h4-14,16,20,25-26,33-34H,15,17-19H2,1-3H3,(H2,29,30)/p+1/t25-,26+/m0/s1. The average Bonchev–Trinajstić information content (AvgIpc) is 2.91. The number of nitrogens with two attached hydrogens (primary N) is 1. The maximum atomic E-state index is 13.5. The Morgan fingerprint density at radius 1 is 1.03 bits per heavy atom. The van der Waals surface area contributed by atoms with Gasteiger partial charge in [-0.3, -0.25) is 0 Å². The number of quaternary nitrogens is 1. The number of aliphatic hydroxyl groups excluding tert-OH is 1. The molecule has 0 radical (unpaired) electrons. The monoisotopic (exact) mass is 557 g/mol. The topological polar surface area (TPSA) is 147 Å². The Kier molecular flexibility index (Phi) is 10.4. The number of pyridine rings is 1. The second-order valence-electron chi connectivity index (χ2n) is 9.92. The molecule has 0 saturated heterocycles. The molecule has 39 heavy (non-hydrogen) atoms. The minimum absolute atomic E-state index is 0.00461. The van der Waals surface area contributed by atoms with Gasteiger partial charge in [0.15, 0.2) is 0 Å². The van der Waals surface area contributed by atoms with Crippen LogP contribution in [0.3, 0.4) is 0 Å². The number of anilines is 1. The SMILES string of the molecule is CC(C)CN(C[C@@H](O)[C@H](Cc1ccccc1)[NH+](C)C(=O)OCc1ccc(N)nc1)S(=O)(=O)c1ccc(O)cc1. The summed E-state index contributed by atoms with van der Waals surface area (Å²) in [7, 11) is -2.39. The minimum Gasteiger partial charge on any atom is -0.508 e. The summed E-state index contributed by atoms with van der Waals surface area (Å²) in [4.78, 5) is 17.3. The highest BCUT2D eigenvalue weighted by Crippen LogP contribution is 2.21. The van der Waals surface area contributed by atoms with Crippen LogP contribution < -0.4 is 10.6 Å². The van der Waals surface area contributed by atoms with Gasteiger partial charge in [-0.15, -0.1) is 0 Å². The molecule has 3 atom stereocenters. The van der Waals surface area contributed by atoms with E-state index in [1.54, 1.807) is 19.2 Å². The number of carbonyl (C=O) groups excluding carboxylic acids is 1. The molecule has 0 spiro atoms.